The van der Waals surface area contributed by atoms with Crippen LogP contribution in [0.3, 0.4) is 0 Å². The number of nitrogens with one attached hydrogen (secondary N) is 1. The fourth-order valence-electron chi connectivity index (χ4n) is 1.45. The maximum absolute atomic E-state index is 13.5. The first-order valence-electron chi connectivity index (χ1n) is 4.92. The van der Waals surface area contributed by atoms with Gasteiger partial charge in [-0.15, -0.1) is 0 Å². The van der Waals surface area contributed by atoms with Gasteiger partial charge in [-0.25, -0.2) is 4.39 Å². The molecule has 4 heteroatoms. The van der Waals surface area contributed by atoms with E-state index >= 15 is 0 Å². The molecule has 2 rings (SSSR count). The van der Waals surface area contributed by atoms with E-state index in [9.17, 15) is 4.39 Å². The van der Waals surface area contributed by atoms with Crippen molar-refractivity contribution in [2.75, 3.05) is 5.32 Å². The third-order valence-corrected chi connectivity index (χ3v) is 2.51. The standard InChI is InChI=1S/C12H11ClFNO/c1-8(12-3-2-6-16-12)15-11-5-4-9(13)7-10(11)14/h2-8,15H,1H3. The highest BCUT2D eigenvalue weighted by Crippen LogP contribution is 2.24. The van der Waals surface area contributed by atoms with Crippen LogP contribution in [0.25, 0.3) is 0 Å². The molecule has 1 atom stereocenters. The molecule has 1 heterocycles. The Morgan fingerprint density at radius 2 is 2.19 bits per heavy atom. The normalized spacial score (nSPS) is 12.4. The van der Waals surface area contributed by atoms with Crippen LogP contribution in [0.15, 0.2) is 41.0 Å². The van der Waals surface area contributed by atoms with Gasteiger partial charge in [0.1, 0.15) is 11.6 Å². The number of rotatable bonds is 3. The molecule has 1 N–H and O–H groups in total. The number of hydrogen-bond acceptors (Lipinski definition) is 2. The number of benzene rings is 1. The molecule has 0 saturated carbocycles. The second-order valence-electron chi connectivity index (χ2n) is 3.51. The predicted octanol–water partition coefficient (Wildman–Crippen LogP) is 4.25. The van der Waals surface area contributed by atoms with Crippen molar-refractivity contribution in [3.63, 3.8) is 0 Å². The SMILES string of the molecule is CC(Nc1ccc(Cl)cc1F)c1ccco1. The summed E-state index contributed by atoms with van der Waals surface area (Å²) in [5, 5.41) is 3.40. The van der Waals surface area contributed by atoms with Gasteiger partial charge in [-0.2, -0.15) is 0 Å². The molecule has 0 aliphatic heterocycles. The van der Waals surface area contributed by atoms with E-state index in [4.69, 9.17) is 16.0 Å². The highest BCUT2D eigenvalue weighted by atomic mass is 35.5. The zero-order valence-corrected chi connectivity index (χ0v) is 9.46. The fourth-order valence-corrected chi connectivity index (χ4v) is 1.61. The van der Waals surface area contributed by atoms with Crippen molar-refractivity contribution >= 4 is 17.3 Å². The first-order valence-corrected chi connectivity index (χ1v) is 5.29. The lowest BCUT2D eigenvalue weighted by molar-refractivity contribution is 0.489. The van der Waals surface area contributed by atoms with Gasteiger partial charge in [0.2, 0.25) is 0 Å². The van der Waals surface area contributed by atoms with E-state index in [1.807, 2.05) is 13.0 Å². The molecular weight excluding hydrogens is 229 g/mol. The Balaban J connectivity index is 2.15. The van der Waals surface area contributed by atoms with Crippen molar-refractivity contribution < 1.29 is 8.81 Å². The Hall–Kier alpha value is -1.48. The van der Waals surface area contributed by atoms with Crippen molar-refractivity contribution in [1.29, 1.82) is 0 Å². The van der Waals surface area contributed by atoms with Gasteiger partial charge >= 0.3 is 0 Å². The second-order valence-corrected chi connectivity index (χ2v) is 3.94. The Kier molecular flexibility index (Phi) is 3.15. The largest absolute Gasteiger partial charge is 0.467 e. The van der Waals surface area contributed by atoms with Gasteiger partial charge in [-0.05, 0) is 37.3 Å². The molecule has 1 aromatic heterocycles. The minimum absolute atomic E-state index is 0.0920. The number of anilines is 1. The van der Waals surface area contributed by atoms with E-state index in [2.05, 4.69) is 5.32 Å². The van der Waals surface area contributed by atoms with E-state index in [0.717, 1.165) is 5.76 Å². The molecule has 2 nitrogen and oxygen atoms in total. The Labute approximate surface area is 98.0 Å². The van der Waals surface area contributed by atoms with Crippen LogP contribution in [0.5, 0.6) is 0 Å². The van der Waals surface area contributed by atoms with Crippen molar-refractivity contribution in [1.82, 2.24) is 0 Å². The zero-order valence-electron chi connectivity index (χ0n) is 8.71. The van der Waals surface area contributed by atoms with Crippen molar-refractivity contribution in [2.45, 2.75) is 13.0 Å². The van der Waals surface area contributed by atoms with Gasteiger partial charge in [0.25, 0.3) is 0 Å². The van der Waals surface area contributed by atoms with E-state index in [1.54, 1.807) is 24.5 Å². The van der Waals surface area contributed by atoms with Crippen LogP contribution in [0.1, 0.15) is 18.7 Å². The monoisotopic (exact) mass is 239 g/mol. The van der Waals surface area contributed by atoms with Crippen molar-refractivity contribution in [2.24, 2.45) is 0 Å². The summed E-state index contributed by atoms with van der Waals surface area (Å²) in [6, 6.07) is 8.07. The molecule has 0 bridgehead atoms. The summed E-state index contributed by atoms with van der Waals surface area (Å²) in [6.45, 7) is 1.90. The Morgan fingerprint density at radius 3 is 2.81 bits per heavy atom. The van der Waals surface area contributed by atoms with Gasteiger partial charge in [0, 0.05) is 5.02 Å². The average molecular weight is 240 g/mol. The van der Waals surface area contributed by atoms with Crippen molar-refractivity contribution in [3.05, 3.63) is 53.2 Å². The third-order valence-electron chi connectivity index (χ3n) is 2.27. The van der Waals surface area contributed by atoms with Crippen LogP contribution in [0, 0.1) is 5.82 Å². The number of furan rings is 1. The van der Waals surface area contributed by atoms with Gasteiger partial charge in [0.05, 0.1) is 18.0 Å². The summed E-state index contributed by atoms with van der Waals surface area (Å²) in [5.41, 5.74) is 0.410. The smallest absolute Gasteiger partial charge is 0.147 e. The minimum Gasteiger partial charge on any atom is -0.467 e. The lowest BCUT2D eigenvalue weighted by Gasteiger charge is -2.13. The maximum Gasteiger partial charge on any atom is 0.147 e. The zero-order chi connectivity index (χ0) is 11.5. The summed E-state index contributed by atoms with van der Waals surface area (Å²) in [5.74, 6) is 0.389. The molecule has 0 amide bonds. The van der Waals surface area contributed by atoms with Gasteiger partial charge in [0.15, 0.2) is 0 Å². The maximum atomic E-state index is 13.5. The lowest BCUT2D eigenvalue weighted by atomic mass is 10.2. The molecule has 1 unspecified atom stereocenters. The molecule has 0 aliphatic carbocycles. The minimum atomic E-state index is -0.370. The molecule has 84 valence electrons. The Morgan fingerprint density at radius 1 is 1.38 bits per heavy atom. The first-order chi connectivity index (χ1) is 7.66. The van der Waals surface area contributed by atoms with Gasteiger partial charge < -0.3 is 9.73 Å². The lowest BCUT2D eigenvalue weighted by Crippen LogP contribution is -2.06. The molecule has 0 spiro atoms. The highest BCUT2D eigenvalue weighted by molar-refractivity contribution is 6.30. The molecule has 16 heavy (non-hydrogen) atoms. The second kappa shape index (κ2) is 4.58. The number of halogens is 2. The number of hydrogen-bond donors (Lipinski definition) is 1. The fraction of sp³-hybridized carbons (Fsp3) is 0.167. The van der Waals surface area contributed by atoms with Crippen molar-refractivity contribution in [3.8, 4) is 0 Å². The Bertz CT molecular complexity index is 470. The molecule has 0 saturated heterocycles. The van der Waals surface area contributed by atoms with E-state index < -0.39 is 0 Å². The molecule has 0 radical (unpaired) electrons. The van der Waals surface area contributed by atoms with Gasteiger partial charge in [-0.1, -0.05) is 11.6 Å². The summed E-state index contributed by atoms with van der Waals surface area (Å²) < 4.78 is 18.7. The highest BCUT2D eigenvalue weighted by Gasteiger charge is 2.10. The summed E-state index contributed by atoms with van der Waals surface area (Å²) in [6.07, 6.45) is 1.59. The molecule has 1 aromatic carbocycles. The van der Waals surface area contributed by atoms with E-state index in [-0.39, 0.29) is 11.9 Å². The predicted molar refractivity (Wildman–Crippen MR) is 62.2 cm³/mol. The molecule has 0 fully saturated rings. The average Bonchev–Trinajstić information content (AvgIpc) is 2.75. The summed E-state index contributed by atoms with van der Waals surface area (Å²) in [7, 11) is 0. The summed E-state index contributed by atoms with van der Waals surface area (Å²) in [4.78, 5) is 0. The first kappa shape index (κ1) is 11.0. The topological polar surface area (TPSA) is 25.2 Å². The van der Waals surface area contributed by atoms with E-state index in [0.29, 0.717) is 10.7 Å². The van der Waals surface area contributed by atoms with Crippen LogP contribution in [0.4, 0.5) is 10.1 Å². The van der Waals surface area contributed by atoms with Gasteiger partial charge in [-0.3, -0.25) is 0 Å². The van der Waals surface area contributed by atoms with Crippen LogP contribution in [0.2, 0.25) is 5.02 Å². The van der Waals surface area contributed by atoms with Crippen LogP contribution in [-0.2, 0) is 0 Å². The van der Waals surface area contributed by atoms with Crippen LogP contribution in [-0.4, -0.2) is 0 Å². The summed E-state index contributed by atoms with van der Waals surface area (Å²) >= 11 is 5.67. The van der Waals surface area contributed by atoms with Crippen LogP contribution < -0.4 is 5.32 Å². The molecule has 2 aromatic rings. The molecular formula is C12H11ClFNO. The molecule has 0 aliphatic rings. The quantitative estimate of drug-likeness (QED) is 0.867. The van der Waals surface area contributed by atoms with E-state index in [1.165, 1.54) is 6.07 Å². The van der Waals surface area contributed by atoms with Crippen LogP contribution >= 0.6 is 11.6 Å². The third kappa shape index (κ3) is 2.36.